The normalized spacial score (nSPS) is 11.3. The molecule has 0 saturated carbocycles. The van der Waals surface area contributed by atoms with E-state index in [0.29, 0.717) is 6.54 Å². The second kappa shape index (κ2) is 5.75. The van der Waals surface area contributed by atoms with Crippen molar-refractivity contribution in [2.45, 2.75) is 13.1 Å². The van der Waals surface area contributed by atoms with Gasteiger partial charge in [0.15, 0.2) is 5.58 Å². The summed E-state index contributed by atoms with van der Waals surface area (Å²) in [5.41, 5.74) is 2.92. The van der Waals surface area contributed by atoms with E-state index in [1.54, 1.807) is 23.9 Å². The van der Waals surface area contributed by atoms with E-state index < -0.39 is 0 Å². The molecule has 0 fully saturated rings. The molecule has 22 heavy (non-hydrogen) atoms. The summed E-state index contributed by atoms with van der Waals surface area (Å²) in [4.78, 5) is 5.34. The van der Waals surface area contributed by atoms with Gasteiger partial charge in [0.05, 0.1) is 12.0 Å². The van der Waals surface area contributed by atoms with Gasteiger partial charge in [-0.15, -0.1) is 11.3 Å². The van der Waals surface area contributed by atoms with Crippen LogP contribution in [-0.2, 0) is 13.1 Å². The molecule has 0 bridgehead atoms. The molecule has 3 heterocycles. The van der Waals surface area contributed by atoms with Crippen molar-refractivity contribution in [1.29, 1.82) is 0 Å². The molecule has 5 nitrogen and oxygen atoms in total. The van der Waals surface area contributed by atoms with Gasteiger partial charge in [-0.25, -0.2) is 4.98 Å². The largest absolute Gasteiger partial charge is 0.356 e. The van der Waals surface area contributed by atoms with Crippen molar-refractivity contribution < 1.29 is 4.52 Å². The lowest BCUT2D eigenvalue weighted by molar-refractivity contribution is 0.441. The Labute approximate surface area is 131 Å². The average Bonchev–Trinajstić information content (AvgIpc) is 3.28. The molecular formula is C16H14N4OS. The molecule has 1 N–H and O–H groups in total. The van der Waals surface area contributed by atoms with Crippen LogP contribution in [0.1, 0.15) is 10.6 Å². The molecule has 0 unspecified atom stereocenters. The highest BCUT2D eigenvalue weighted by Crippen LogP contribution is 2.20. The predicted octanol–water partition coefficient (Wildman–Crippen LogP) is 3.36. The summed E-state index contributed by atoms with van der Waals surface area (Å²) >= 11 is 1.73. The SMILES string of the molecule is c1ccc2c(CNCc3cc(-n4ccnc4)cs3)noc2c1. The topological polar surface area (TPSA) is 55.9 Å². The summed E-state index contributed by atoms with van der Waals surface area (Å²) in [5, 5.41) is 10.7. The summed E-state index contributed by atoms with van der Waals surface area (Å²) < 4.78 is 7.31. The first kappa shape index (κ1) is 13.2. The molecule has 6 heteroatoms. The zero-order valence-electron chi connectivity index (χ0n) is 11.8. The number of fused-ring (bicyclic) bond motifs is 1. The van der Waals surface area contributed by atoms with Crippen molar-refractivity contribution in [2.24, 2.45) is 0 Å². The number of nitrogens with one attached hydrogen (secondary N) is 1. The molecule has 0 atom stereocenters. The van der Waals surface area contributed by atoms with Crippen LogP contribution < -0.4 is 5.32 Å². The highest BCUT2D eigenvalue weighted by atomic mass is 32.1. The van der Waals surface area contributed by atoms with Gasteiger partial charge in [0, 0.05) is 41.1 Å². The number of hydrogen-bond donors (Lipinski definition) is 1. The summed E-state index contributed by atoms with van der Waals surface area (Å²) in [5.74, 6) is 0. The monoisotopic (exact) mass is 310 g/mol. The van der Waals surface area contributed by atoms with Gasteiger partial charge in [-0.2, -0.15) is 0 Å². The van der Waals surface area contributed by atoms with Crippen LogP contribution in [0.3, 0.4) is 0 Å². The Hall–Kier alpha value is -2.44. The minimum Gasteiger partial charge on any atom is -0.356 e. The summed E-state index contributed by atoms with van der Waals surface area (Å²) in [6, 6.07) is 10.1. The summed E-state index contributed by atoms with van der Waals surface area (Å²) in [6.07, 6.45) is 5.53. The second-order valence-corrected chi connectivity index (χ2v) is 5.97. The molecule has 3 aromatic heterocycles. The van der Waals surface area contributed by atoms with Crippen LogP contribution in [0.15, 0.2) is 59.0 Å². The first-order chi connectivity index (χ1) is 10.9. The minimum absolute atomic E-state index is 0.690. The fraction of sp³-hybridized carbons (Fsp3) is 0.125. The van der Waals surface area contributed by atoms with Gasteiger partial charge in [0.2, 0.25) is 0 Å². The van der Waals surface area contributed by atoms with Gasteiger partial charge in [-0.3, -0.25) is 0 Å². The fourth-order valence-electron chi connectivity index (χ4n) is 2.38. The van der Waals surface area contributed by atoms with Gasteiger partial charge in [0.1, 0.15) is 5.69 Å². The lowest BCUT2D eigenvalue weighted by atomic mass is 10.2. The number of benzene rings is 1. The molecule has 110 valence electrons. The van der Waals surface area contributed by atoms with Crippen LogP contribution in [0, 0.1) is 0 Å². The van der Waals surface area contributed by atoms with E-state index in [4.69, 9.17) is 4.52 Å². The first-order valence-electron chi connectivity index (χ1n) is 7.00. The zero-order valence-corrected chi connectivity index (χ0v) is 12.6. The van der Waals surface area contributed by atoms with Crippen LogP contribution in [-0.4, -0.2) is 14.7 Å². The first-order valence-corrected chi connectivity index (χ1v) is 7.88. The molecule has 0 amide bonds. The van der Waals surface area contributed by atoms with Crippen molar-refractivity contribution in [3.05, 3.63) is 65.0 Å². The summed E-state index contributed by atoms with van der Waals surface area (Å²) in [6.45, 7) is 1.50. The third-order valence-corrected chi connectivity index (χ3v) is 4.41. The van der Waals surface area contributed by atoms with Gasteiger partial charge < -0.3 is 14.4 Å². The fourth-order valence-corrected chi connectivity index (χ4v) is 3.21. The van der Waals surface area contributed by atoms with E-state index in [2.05, 4.69) is 26.9 Å². The molecule has 0 aliphatic heterocycles. The number of para-hydroxylation sites is 1. The number of hydrogen-bond acceptors (Lipinski definition) is 5. The van der Waals surface area contributed by atoms with Gasteiger partial charge in [0.25, 0.3) is 0 Å². The lowest BCUT2D eigenvalue weighted by Gasteiger charge is -2.00. The maximum atomic E-state index is 5.31. The van der Waals surface area contributed by atoms with E-state index >= 15 is 0 Å². The number of thiophene rings is 1. The standard InChI is InChI=1S/C16H14N4OS/c1-2-4-16-14(3-1)15(19-21-16)9-18-8-13-7-12(10-22-13)20-6-5-17-11-20/h1-7,10-11,18H,8-9H2. The molecule has 0 saturated heterocycles. The number of imidazole rings is 1. The Morgan fingerprint density at radius 3 is 3.09 bits per heavy atom. The highest BCUT2D eigenvalue weighted by Gasteiger charge is 2.07. The predicted molar refractivity (Wildman–Crippen MR) is 86.0 cm³/mol. The van der Waals surface area contributed by atoms with Gasteiger partial charge >= 0.3 is 0 Å². The van der Waals surface area contributed by atoms with Crippen molar-refractivity contribution >= 4 is 22.3 Å². The number of rotatable bonds is 5. The van der Waals surface area contributed by atoms with Gasteiger partial charge in [-0.1, -0.05) is 17.3 Å². The maximum Gasteiger partial charge on any atom is 0.167 e. The van der Waals surface area contributed by atoms with Crippen molar-refractivity contribution in [2.75, 3.05) is 0 Å². The Kier molecular flexibility index (Phi) is 3.46. The van der Waals surface area contributed by atoms with Crippen LogP contribution >= 0.6 is 11.3 Å². The van der Waals surface area contributed by atoms with Crippen LogP contribution in [0.25, 0.3) is 16.7 Å². The smallest absolute Gasteiger partial charge is 0.167 e. The van der Waals surface area contributed by atoms with Crippen LogP contribution in [0.5, 0.6) is 0 Å². The Bertz CT molecular complexity index is 878. The molecule has 0 spiro atoms. The van der Waals surface area contributed by atoms with Crippen molar-refractivity contribution in [3.63, 3.8) is 0 Å². The summed E-state index contributed by atoms with van der Waals surface area (Å²) in [7, 11) is 0. The van der Waals surface area contributed by atoms with Crippen LogP contribution in [0.2, 0.25) is 0 Å². The zero-order chi connectivity index (χ0) is 14.8. The van der Waals surface area contributed by atoms with E-state index in [1.807, 2.05) is 35.0 Å². The Morgan fingerprint density at radius 2 is 2.18 bits per heavy atom. The number of nitrogens with zero attached hydrogens (tertiary/aromatic N) is 3. The third-order valence-electron chi connectivity index (χ3n) is 3.49. The van der Waals surface area contributed by atoms with Crippen molar-refractivity contribution in [1.82, 2.24) is 20.0 Å². The van der Waals surface area contributed by atoms with Gasteiger partial charge in [-0.05, 0) is 18.2 Å². The third kappa shape index (κ3) is 2.54. The molecule has 4 rings (SSSR count). The molecule has 0 radical (unpaired) electrons. The molecule has 0 aliphatic rings. The van der Waals surface area contributed by atoms with E-state index in [-0.39, 0.29) is 0 Å². The van der Waals surface area contributed by atoms with Crippen molar-refractivity contribution in [3.8, 4) is 5.69 Å². The molecule has 1 aromatic carbocycles. The second-order valence-electron chi connectivity index (χ2n) is 4.97. The quantitative estimate of drug-likeness (QED) is 0.614. The molecule has 0 aliphatic carbocycles. The highest BCUT2D eigenvalue weighted by molar-refractivity contribution is 7.10. The lowest BCUT2D eigenvalue weighted by Crippen LogP contribution is -2.12. The molecular weight excluding hydrogens is 296 g/mol. The Balaban J connectivity index is 1.41. The minimum atomic E-state index is 0.690. The van der Waals surface area contributed by atoms with E-state index in [1.165, 1.54) is 4.88 Å². The average molecular weight is 310 g/mol. The van der Waals surface area contributed by atoms with E-state index in [0.717, 1.165) is 28.9 Å². The van der Waals surface area contributed by atoms with Crippen LogP contribution in [0.4, 0.5) is 0 Å². The Morgan fingerprint density at radius 1 is 1.23 bits per heavy atom. The number of aromatic nitrogens is 3. The van der Waals surface area contributed by atoms with E-state index in [9.17, 15) is 0 Å². The molecule has 4 aromatic rings. The maximum absolute atomic E-state index is 5.31.